The normalized spacial score (nSPS) is 12.0. The van der Waals surface area contributed by atoms with E-state index in [1.165, 1.54) is 57.1 Å². The van der Waals surface area contributed by atoms with Gasteiger partial charge in [-0.05, 0) is 31.9 Å². The number of ether oxygens (including phenoxy) is 1. The zero-order valence-corrected chi connectivity index (χ0v) is 19.8. The molecule has 1 rings (SSSR count). The van der Waals surface area contributed by atoms with Crippen molar-refractivity contribution < 1.29 is 22.5 Å². The lowest BCUT2D eigenvalue weighted by molar-refractivity contribution is -0.145. The van der Waals surface area contributed by atoms with Gasteiger partial charge in [0.05, 0.1) is 11.5 Å². The number of carbonyl (C=O) groups excluding carboxylic acids is 1. The molecule has 174 valence electrons. The van der Waals surface area contributed by atoms with Crippen LogP contribution in [-0.2, 0) is 19.6 Å². The van der Waals surface area contributed by atoms with Gasteiger partial charge in [-0.3, -0.25) is 9.35 Å². The minimum absolute atomic E-state index is 0.0666. The number of hydrogen-bond acceptors (Lipinski definition) is 5. The highest BCUT2D eigenvalue weighted by Crippen LogP contribution is 2.11. The molecule has 0 radical (unpaired) electrons. The largest absolute Gasteiger partial charge is 0.465 e. The number of carbonyl (C=O) groups is 1. The Labute approximate surface area is 183 Å². The van der Waals surface area contributed by atoms with E-state index in [1.807, 2.05) is 6.92 Å². The fraction of sp³-hybridized carbons (Fsp3) is 0.696. The van der Waals surface area contributed by atoms with Crippen LogP contribution in [0.2, 0.25) is 0 Å². The molecule has 0 aliphatic heterocycles. The summed E-state index contributed by atoms with van der Waals surface area (Å²) in [6, 6.07) is 5.57. The predicted molar refractivity (Wildman–Crippen MR) is 122 cm³/mol. The van der Waals surface area contributed by atoms with Crippen molar-refractivity contribution in [2.45, 2.75) is 102 Å². The van der Waals surface area contributed by atoms with E-state index in [9.17, 15) is 13.2 Å². The Hall–Kier alpha value is -1.44. The highest BCUT2D eigenvalue weighted by Gasteiger charge is 2.13. The van der Waals surface area contributed by atoms with Gasteiger partial charge in [-0.1, -0.05) is 89.3 Å². The summed E-state index contributed by atoms with van der Waals surface area (Å²) >= 11 is 0. The van der Waals surface area contributed by atoms with Crippen molar-refractivity contribution in [2.24, 2.45) is 5.73 Å². The molecule has 7 heteroatoms. The van der Waals surface area contributed by atoms with Gasteiger partial charge >= 0.3 is 5.97 Å². The first-order valence-electron chi connectivity index (χ1n) is 11.2. The van der Waals surface area contributed by atoms with Gasteiger partial charge in [-0.25, -0.2) is 0 Å². The molecule has 3 N–H and O–H groups in total. The predicted octanol–water partition coefficient (Wildman–Crippen LogP) is 5.43. The second kappa shape index (κ2) is 17.3. The third-order valence-electron chi connectivity index (χ3n) is 4.73. The number of nitrogens with two attached hydrogens (primary N) is 1. The van der Waals surface area contributed by atoms with Gasteiger partial charge in [0.2, 0.25) is 0 Å². The first-order valence-corrected chi connectivity index (χ1v) is 12.6. The summed E-state index contributed by atoms with van der Waals surface area (Å²) in [5.74, 6) is -0.226. The second-order valence-corrected chi connectivity index (χ2v) is 9.10. The van der Waals surface area contributed by atoms with Gasteiger partial charge in [-0.15, -0.1) is 0 Å². The van der Waals surface area contributed by atoms with E-state index in [-0.39, 0.29) is 10.9 Å². The quantitative estimate of drug-likeness (QED) is 0.225. The third-order valence-corrected chi connectivity index (χ3v) is 5.60. The van der Waals surface area contributed by atoms with Crippen molar-refractivity contribution in [3.63, 3.8) is 0 Å². The highest BCUT2D eigenvalue weighted by molar-refractivity contribution is 7.85. The molecule has 0 heterocycles. The first-order chi connectivity index (χ1) is 14.2. The number of aryl methyl sites for hydroxylation is 1. The lowest BCUT2D eigenvalue weighted by atomic mass is 10.1. The van der Waals surface area contributed by atoms with Crippen LogP contribution in [0.4, 0.5) is 0 Å². The van der Waals surface area contributed by atoms with Gasteiger partial charge in [0.1, 0.15) is 6.04 Å². The van der Waals surface area contributed by atoms with Crippen LogP contribution in [0.25, 0.3) is 0 Å². The van der Waals surface area contributed by atoms with Gasteiger partial charge < -0.3 is 10.5 Å². The monoisotopic (exact) mass is 443 g/mol. The molecule has 1 aromatic rings. The second-order valence-electron chi connectivity index (χ2n) is 7.68. The fourth-order valence-electron chi connectivity index (χ4n) is 2.75. The van der Waals surface area contributed by atoms with Crippen LogP contribution in [0.15, 0.2) is 29.2 Å². The summed E-state index contributed by atoms with van der Waals surface area (Å²) in [5.41, 5.74) is 6.76. The number of hydrogen-bond donors (Lipinski definition) is 2. The van der Waals surface area contributed by atoms with Crippen LogP contribution >= 0.6 is 0 Å². The van der Waals surface area contributed by atoms with Crippen molar-refractivity contribution in [1.82, 2.24) is 0 Å². The topological polar surface area (TPSA) is 107 Å². The molecule has 0 aliphatic carbocycles. The van der Waals surface area contributed by atoms with Crippen LogP contribution in [0.1, 0.15) is 90.0 Å². The molecule has 0 saturated carbocycles. The molecule has 0 amide bonds. The summed E-state index contributed by atoms with van der Waals surface area (Å²) in [5, 5.41) is 0. The Morgan fingerprint density at radius 2 is 1.43 bits per heavy atom. The van der Waals surface area contributed by atoms with E-state index in [1.54, 1.807) is 12.1 Å². The molecule has 1 unspecified atom stereocenters. The maximum atomic E-state index is 11.5. The molecule has 0 aliphatic rings. The van der Waals surface area contributed by atoms with Gasteiger partial charge in [0.15, 0.2) is 0 Å². The van der Waals surface area contributed by atoms with Crippen molar-refractivity contribution in [3.8, 4) is 0 Å². The lowest BCUT2D eigenvalue weighted by Crippen LogP contribution is -2.32. The molecular formula is C23H41NO5S. The molecule has 1 aromatic carbocycles. The number of esters is 1. The summed E-state index contributed by atoms with van der Waals surface area (Å²) in [4.78, 5) is 11.4. The van der Waals surface area contributed by atoms with Crippen LogP contribution in [0, 0.1) is 6.92 Å². The first kappa shape index (κ1) is 28.6. The maximum absolute atomic E-state index is 11.5. The van der Waals surface area contributed by atoms with Crippen LogP contribution in [0.3, 0.4) is 0 Å². The highest BCUT2D eigenvalue weighted by atomic mass is 32.2. The minimum Gasteiger partial charge on any atom is -0.465 e. The van der Waals surface area contributed by atoms with E-state index in [4.69, 9.17) is 15.0 Å². The standard InChI is InChI=1S/C16H33NO2.C7H8O3S/c1-3-5-7-8-9-10-11-12-13-15(17)16(18)19-14-6-4-2;1-6-2-4-7(5-3-6)11(8,9)10/h15H,3-14,17H2,1-2H3;2-5H,1H3,(H,8,9,10). The van der Waals surface area contributed by atoms with Gasteiger partial charge in [0, 0.05) is 0 Å². The van der Waals surface area contributed by atoms with Crippen molar-refractivity contribution in [2.75, 3.05) is 6.61 Å². The molecular weight excluding hydrogens is 402 g/mol. The van der Waals surface area contributed by atoms with E-state index in [0.717, 1.165) is 31.2 Å². The Bertz CT molecular complexity index is 659. The molecule has 0 aromatic heterocycles. The Morgan fingerprint density at radius 1 is 0.933 bits per heavy atom. The van der Waals surface area contributed by atoms with Crippen LogP contribution in [0.5, 0.6) is 0 Å². The average molecular weight is 444 g/mol. The van der Waals surface area contributed by atoms with E-state index in [0.29, 0.717) is 6.61 Å². The summed E-state index contributed by atoms with van der Waals surface area (Å²) in [7, 11) is -4.02. The zero-order valence-electron chi connectivity index (χ0n) is 18.9. The number of rotatable bonds is 14. The van der Waals surface area contributed by atoms with Gasteiger partial charge in [-0.2, -0.15) is 8.42 Å². The molecule has 6 nitrogen and oxygen atoms in total. The molecule has 1 atom stereocenters. The summed E-state index contributed by atoms with van der Waals surface area (Å²) in [6.45, 7) is 6.67. The van der Waals surface area contributed by atoms with Crippen molar-refractivity contribution in [3.05, 3.63) is 29.8 Å². The van der Waals surface area contributed by atoms with Gasteiger partial charge in [0.25, 0.3) is 10.1 Å². The Kier molecular flexibility index (Phi) is 16.4. The molecule has 0 bridgehead atoms. The van der Waals surface area contributed by atoms with Crippen molar-refractivity contribution in [1.29, 1.82) is 0 Å². The Balaban J connectivity index is 0.000000642. The number of benzene rings is 1. The maximum Gasteiger partial charge on any atom is 0.322 e. The van der Waals surface area contributed by atoms with Crippen molar-refractivity contribution >= 4 is 16.1 Å². The summed E-state index contributed by atoms with van der Waals surface area (Å²) in [6.07, 6.45) is 12.9. The lowest BCUT2D eigenvalue weighted by Gasteiger charge is -2.11. The number of unbranched alkanes of at least 4 members (excludes halogenated alkanes) is 8. The van der Waals surface area contributed by atoms with Crippen LogP contribution < -0.4 is 5.73 Å². The van der Waals surface area contributed by atoms with E-state index >= 15 is 0 Å². The molecule has 0 saturated heterocycles. The fourth-order valence-corrected chi connectivity index (χ4v) is 3.23. The SMILES string of the molecule is CCCCCCCCCCC(N)C(=O)OCCCC.Cc1ccc(S(=O)(=O)O)cc1. The minimum atomic E-state index is -4.02. The Morgan fingerprint density at radius 3 is 1.93 bits per heavy atom. The zero-order chi connectivity index (χ0) is 22.8. The van der Waals surface area contributed by atoms with E-state index < -0.39 is 16.2 Å². The molecule has 0 fully saturated rings. The van der Waals surface area contributed by atoms with E-state index in [2.05, 4.69) is 13.8 Å². The third kappa shape index (κ3) is 15.4. The molecule has 30 heavy (non-hydrogen) atoms. The smallest absolute Gasteiger partial charge is 0.322 e. The molecule has 0 spiro atoms. The van der Waals surface area contributed by atoms with Crippen LogP contribution in [-0.4, -0.2) is 31.6 Å². The average Bonchev–Trinajstić information content (AvgIpc) is 2.70. The summed E-state index contributed by atoms with van der Waals surface area (Å²) < 4.78 is 34.7.